The van der Waals surface area contributed by atoms with E-state index in [0.29, 0.717) is 11.3 Å². The van der Waals surface area contributed by atoms with E-state index in [1.165, 1.54) is 18.4 Å². The van der Waals surface area contributed by atoms with Crippen LogP contribution in [0.5, 0.6) is 0 Å². The van der Waals surface area contributed by atoms with Crippen LogP contribution >= 0.6 is 11.3 Å². The molecule has 0 amide bonds. The zero-order valence-corrected chi connectivity index (χ0v) is 19.3. The van der Waals surface area contributed by atoms with Gasteiger partial charge < -0.3 is 9.84 Å². The molecule has 0 bridgehead atoms. The van der Waals surface area contributed by atoms with E-state index in [1.807, 2.05) is 36.4 Å². The van der Waals surface area contributed by atoms with Crippen molar-refractivity contribution in [2.75, 3.05) is 7.11 Å². The van der Waals surface area contributed by atoms with E-state index in [-0.39, 0.29) is 17.7 Å². The summed E-state index contributed by atoms with van der Waals surface area (Å²) in [5.74, 6) is -0.0658. The summed E-state index contributed by atoms with van der Waals surface area (Å²) in [5.41, 5.74) is 2.69. The number of methoxy groups -OCH3 is 1. The summed E-state index contributed by atoms with van der Waals surface area (Å²) in [6.07, 6.45) is 7.74. The minimum absolute atomic E-state index is 0.00495. The second-order valence-electron chi connectivity index (χ2n) is 8.34. The standard InChI is InChI=1S/C26H33FO3S/c1-3-4-5-9-23(28)18-10-12-20(13-11-18)25-19(14-16-22(25)27)7-6-8-21-15-17-24(31-21)26(29)30-2/h10-13,15,17,19,23,28H,3-9,14,16H2,1-2H3/t19?,23-/m0/s1. The molecule has 0 radical (unpaired) electrons. The van der Waals surface area contributed by atoms with Gasteiger partial charge in [-0.15, -0.1) is 11.3 Å². The molecular weight excluding hydrogens is 411 g/mol. The largest absolute Gasteiger partial charge is 0.465 e. The van der Waals surface area contributed by atoms with Crippen LogP contribution in [0.1, 0.15) is 90.1 Å². The molecule has 5 heteroatoms. The number of thiophene rings is 1. The van der Waals surface area contributed by atoms with Crippen molar-refractivity contribution >= 4 is 22.9 Å². The Balaban J connectivity index is 1.57. The van der Waals surface area contributed by atoms with Gasteiger partial charge in [-0.25, -0.2) is 9.18 Å². The van der Waals surface area contributed by atoms with Crippen molar-refractivity contribution in [3.05, 3.63) is 63.1 Å². The molecule has 0 saturated carbocycles. The lowest BCUT2D eigenvalue weighted by atomic mass is 9.89. The van der Waals surface area contributed by atoms with Gasteiger partial charge in [0.2, 0.25) is 0 Å². The zero-order valence-electron chi connectivity index (χ0n) is 18.5. The quantitative estimate of drug-likeness (QED) is 0.293. The van der Waals surface area contributed by atoms with Crippen molar-refractivity contribution < 1.29 is 19.0 Å². The van der Waals surface area contributed by atoms with E-state index < -0.39 is 6.10 Å². The average Bonchev–Trinajstić information content (AvgIpc) is 3.40. The lowest BCUT2D eigenvalue weighted by Crippen LogP contribution is -2.02. The number of aliphatic hydroxyl groups is 1. The summed E-state index contributed by atoms with van der Waals surface area (Å²) < 4.78 is 19.4. The van der Waals surface area contributed by atoms with E-state index in [9.17, 15) is 14.3 Å². The number of allylic oxidation sites excluding steroid dienone is 2. The predicted octanol–water partition coefficient (Wildman–Crippen LogP) is 7.26. The van der Waals surface area contributed by atoms with Crippen LogP contribution in [0.15, 0.2) is 42.2 Å². The first-order valence-electron chi connectivity index (χ1n) is 11.4. The number of halogens is 1. The lowest BCUT2D eigenvalue weighted by molar-refractivity contribution is 0.0606. The van der Waals surface area contributed by atoms with Crippen molar-refractivity contribution in [3.63, 3.8) is 0 Å². The number of carbonyl (C=O) groups is 1. The van der Waals surface area contributed by atoms with Crippen LogP contribution in [-0.2, 0) is 11.2 Å². The molecule has 1 aromatic heterocycles. The predicted molar refractivity (Wildman–Crippen MR) is 125 cm³/mol. The Morgan fingerprint density at radius 3 is 2.68 bits per heavy atom. The molecule has 3 rings (SSSR count). The molecule has 168 valence electrons. The molecule has 0 fully saturated rings. The zero-order chi connectivity index (χ0) is 22.2. The molecule has 0 saturated heterocycles. The van der Waals surface area contributed by atoms with Gasteiger partial charge in [-0.1, -0.05) is 50.5 Å². The molecule has 2 aromatic rings. The molecule has 31 heavy (non-hydrogen) atoms. The second kappa shape index (κ2) is 11.6. The molecule has 0 aliphatic heterocycles. The Labute approximate surface area is 189 Å². The smallest absolute Gasteiger partial charge is 0.348 e. The number of carbonyl (C=O) groups excluding carboxylic acids is 1. The van der Waals surface area contributed by atoms with E-state index in [1.54, 1.807) is 0 Å². The maximum absolute atomic E-state index is 14.7. The van der Waals surface area contributed by atoms with Crippen LogP contribution in [0.25, 0.3) is 5.57 Å². The first-order valence-corrected chi connectivity index (χ1v) is 12.2. The SMILES string of the molecule is CCCCC[C@H](O)c1ccc(C2=C(F)CCC2CCCc2ccc(C(=O)OC)s2)cc1. The molecule has 1 N–H and O–H groups in total. The summed E-state index contributed by atoms with van der Waals surface area (Å²) in [6, 6.07) is 11.6. The molecular formula is C26H33FO3S. The third kappa shape index (κ3) is 6.27. The van der Waals surface area contributed by atoms with E-state index in [4.69, 9.17) is 4.74 Å². The highest BCUT2D eigenvalue weighted by Crippen LogP contribution is 2.42. The summed E-state index contributed by atoms with van der Waals surface area (Å²) in [7, 11) is 1.39. The molecule has 2 atom stereocenters. The van der Waals surface area contributed by atoms with E-state index in [0.717, 1.165) is 72.9 Å². The number of benzene rings is 1. The van der Waals surface area contributed by atoms with Crippen LogP contribution in [0.2, 0.25) is 0 Å². The van der Waals surface area contributed by atoms with Gasteiger partial charge in [0.05, 0.1) is 13.2 Å². The Morgan fingerprint density at radius 2 is 1.97 bits per heavy atom. The maximum Gasteiger partial charge on any atom is 0.348 e. The molecule has 1 aliphatic rings. The third-order valence-corrected chi connectivity index (χ3v) is 7.25. The fraction of sp³-hybridized carbons (Fsp3) is 0.500. The topological polar surface area (TPSA) is 46.5 Å². The Kier molecular flexibility index (Phi) is 8.85. The van der Waals surface area contributed by atoms with Crippen LogP contribution in [-0.4, -0.2) is 18.2 Å². The minimum atomic E-state index is -0.445. The van der Waals surface area contributed by atoms with Crippen molar-refractivity contribution in [2.24, 2.45) is 5.92 Å². The summed E-state index contributed by atoms with van der Waals surface area (Å²) in [4.78, 5) is 13.4. The van der Waals surface area contributed by atoms with Crippen molar-refractivity contribution in [3.8, 4) is 0 Å². The number of aryl methyl sites for hydroxylation is 1. The van der Waals surface area contributed by atoms with Gasteiger partial charge >= 0.3 is 5.97 Å². The Morgan fingerprint density at radius 1 is 1.19 bits per heavy atom. The van der Waals surface area contributed by atoms with Gasteiger partial charge in [0.1, 0.15) is 10.7 Å². The summed E-state index contributed by atoms with van der Waals surface area (Å²) >= 11 is 1.47. The van der Waals surface area contributed by atoms with Crippen LogP contribution in [0, 0.1) is 5.92 Å². The van der Waals surface area contributed by atoms with E-state index in [2.05, 4.69) is 6.92 Å². The molecule has 1 aromatic carbocycles. The van der Waals surface area contributed by atoms with Gasteiger partial charge in [0.15, 0.2) is 0 Å². The number of ether oxygens (including phenoxy) is 1. The molecule has 0 spiro atoms. The maximum atomic E-state index is 14.7. The number of rotatable bonds is 11. The summed E-state index contributed by atoms with van der Waals surface area (Å²) in [6.45, 7) is 2.15. The molecule has 1 heterocycles. The number of hydrogen-bond acceptors (Lipinski definition) is 4. The van der Waals surface area contributed by atoms with Gasteiger partial charge in [-0.3, -0.25) is 0 Å². The normalized spacial score (nSPS) is 17.2. The minimum Gasteiger partial charge on any atom is -0.465 e. The highest BCUT2D eigenvalue weighted by Gasteiger charge is 2.27. The number of unbranched alkanes of at least 4 members (excludes halogenated alkanes) is 2. The second-order valence-corrected chi connectivity index (χ2v) is 9.51. The fourth-order valence-corrected chi connectivity index (χ4v) is 5.33. The van der Waals surface area contributed by atoms with Crippen LogP contribution < -0.4 is 0 Å². The first-order chi connectivity index (χ1) is 15.0. The average molecular weight is 445 g/mol. The fourth-order valence-electron chi connectivity index (χ4n) is 4.37. The molecule has 1 aliphatic carbocycles. The van der Waals surface area contributed by atoms with Crippen molar-refractivity contribution in [1.29, 1.82) is 0 Å². The van der Waals surface area contributed by atoms with Gasteiger partial charge in [-0.05, 0) is 66.9 Å². The van der Waals surface area contributed by atoms with E-state index >= 15 is 0 Å². The van der Waals surface area contributed by atoms with Crippen molar-refractivity contribution in [2.45, 2.75) is 70.8 Å². The number of esters is 1. The van der Waals surface area contributed by atoms with Crippen LogP contribution in [0.3, 0.4) is 0 Å². The van der Waals surface area contributed by atoms with Crippen LogP contribution in [0.4, 0.5) is 4.39 Å². The van der Waals surface area contributed by atoms with Crippen molar-refractivity contribution in [1.82, 2.24) is 0 Å². The van der Waals surface area contributed by atoms with Gasteiger partial charge in [0.25, 0.3) is 0 Å². The summed E-state index contributed by atoms with van der Waals surface area (Å²) in [5, 5.41) is 10.4. The Bertz CT molecular complexity index is 884. The monoisotopic (exact) mass is 444 g/mol. The molecule has 3 nitrogen and oxygen atoms in total. The highest BCUT2D eigenvalue weighted by atomic mass is 32.1. The van der Waals surface area contributed by atoms with Gasteiger partial charge in [-0.2, -0.15) is 0 Å². The number of aliphatic hydroxyl groups excluding tert-OH is 1. The van der Waals surface area contributed by atoms with Gasteiger partial charge in [0, 0.05) is 11.3 Å². The lowest BCUT2D eigenvalue weighted by Gasteiger charge is -2.16. The number of hydrogen-bond donors (Lipinski definition) is 1. The Hall–Kier alpha value is -1.98. The first kappa shape index (κ1) is 23.7. The molecule has 1 unspecified atom stereocenters. The third-order valence-electron chi connectivity index (χ3n) is 6.12. The highest BCUT2D eigenvalue weighted by molar-refractivity contribution is 7.13.